The number of nitrogens with zero attached hydrogens (tertiary/aromatic N) is 4. The molecule has 1 aromatic heterocycles. The maximum atomic E-state index is 4.95. The number of guanidine groups is 1. The highest BCUT2D eigenvalue weighted by atomic mass is 15.3. The first-order valence-electron chi connectivity index (χ1n) is 10.6. The van der Waals surface area contributed by atoms with Crippen molar-refractivity contribution in [1.82, 2.24) is 15.2 Å². The normalized spacial score (nSPS) is 20.0. The highest BCUT2D eigenvalue weighted by Gasteiger charge is 2.25. The van der Waals surface area contributed by atoms with Crippen molar-refractivity contribution in [1.29, 1.82) is 0 Å². The van der Waals surface area contributed by atoms with E-state index >= 15 is 0 Å². The van der Waals surface area contributed by atoms with Crippen LogP contribution in [0.5, 0.6) is 0 Å². The summed E-state index contributed by atoms with van der Waals surface area (Å²) < 4.78 is 0. The first-order chi connectivity index (χ1) is 13.8. The van der Waals surface area contributed by atoms with Crippen molar-refractivity contribution in [3.05, 3.63) is 59.8 Å². The molecule has 1 unspecified atom stereocenters. The number of aromatic nitrogens is 1. The van der Waals surface area contributed by atoms with E-state index in [2.05, 4.69) is 69.5 Å². The summed E-state index contributed by atoms with van der Waals surface area (Å²) in [7, 11) is 0. The molecular weight excluding hydrogens is 346 g/mol. The van der Waals surface area contributed by atoms with Crippen LogP contribution in [-0.4, -0.2) is 48.6 Å². The van der Waals surface area contributed by atoms with Crippen molar-refractivity contribution in [3.63, 3.8) is 0 Å². The standard InChI is InChI=1S/C23H31N5/c1-2-24-23(28-15-11-21(18-28)20-8-4-3-5-9-20)26-17-19-10-12-25-22(16-19)27-13-6-7-14-27/h3-5,8-10,12,16,21H,2,6-7,11,13-15,17-18H2,1H3,(H,24,26). The maximum Gasteiger partial charge on any atom is 0.194 e. The second-order valence-electron chi connectivity index (χ2n) is 7.73. The Morgan fingerprint density at radius 2 is 1.96 bits per heavy atom. The lowest BCUT2D eigenvalue weighted by atomic mass is 9.99. The predicted octanol–water partition coefficient (Wildman–Crippen LogP) is 3.64. The van der Waals surface area contributed by atoms with Gasteiger partial charge in [-0.1, -0.05) is 30.3 Å². The number of likely N-dealkylation sites (tertiary alicyclic amines) is 1. The Labute approximate surface area is 168 Å². The average molecular weight is 378 g/mol. The molecule has 0 bridgehead atoms. The fourth-order valence-electron chi connectivity index (χ4n) is 4.22. The van der Waals surface area contributed by atoms with Crippen LogP contribution < -0.4 is 10.2 Å². The van der Waals surface area contributed by atoms with Gasteiger partial charge >= 0.3 is 0 Å². The molecule has 0 radical (unpaired) electrons. The molecule has 2 saturated heterocycles. The second-order valence-corrected chi connectivity index (χ2v) is 7.73. The molecule has 5 heteroatoms. The number of anilines is 1. The van der Waals surface area contributed by atoms with Gasteiger partial charge in [-0.25, -0.2) is 9.98 Å². The van der Waals surface area contributed by atoms with E-state index < -0.39 is 0 Å². The molecule has 1 aromatic carbocycles. The van der Waals surface area contributed by atoms with Gasteiger partial charge in [0.15, 0.2) is 5.96 Å². The van der Waals surface area contributed by atoms with E-state index in [-0.39, 0.29) is 0 Å². The van der Waals surface area contributed by atoms with Crippen LogP contribution >= 0.6 is 0 Å². The molecule has 0 amide bonds. The quantitative estimate of drug-likeness (QED) is 0.638. The van der Waals surface area contributed by atoms with E-state index in [9.17, 15) is 0 Å². The summed E-state index contributed by atoms with van der Waals surface area (Å²) in [4.78, 5) is 14.3. The van der Waals surface area contributed by atoms with Gasteiger partial charge in [0.2, 0.25) is 0 Å². The minimum atomic E-state index is 0.591. The molecule has 2 fully saturated rings. The summed E-state index contributed by atoms with van der Waals surface area (Å²) >= 11 is 0. The smallest absolute Gasteiger partial charge is 0.194 e. The molecule has 2 aromatic rings. The highest BCUT2D eigenvalue weighted by molar-refractivity contribution is 5.80. The summed E-state index contributed by atoms with van der Waals surface area (Å²) in [6.07, 6.45) is 5.65. The molecule has 0 spiro atoms. The highest BCUT2D eigenvalue weighted by Crippen LogP contribution is 2.27. The fraction of sp³-hybridized carbons (Fsp3) is 0.478. The van der Waals surface area contributed by atoms with Gasteiger partial charge < -0.3 is 15.1 Å². The van der Waals surface area contributed by atoms with Crippen molar-refractivity contribution in [2.24, 2.45) is 4.99 Å². The summed E-state index contributed by atoms with van der Waals surface area (Å²) in [5.41, 5.74) is 2.66. The van der Waals surface area contributed by atoms with Crippen LogP contribution in [-0.2, 0) is 6.54 Å². The van der Waals surface area contributed by atoms with E-state index in [1.807, 2.05) is 6.20 Å². The maximum absolute atomic E-state index is 4.95. The Morgan fingerprint density at radius 1 is 1.14 bits per heavy atom. The number of hydrogen-bond acceptors (Lipinski definition) is 3. The Balaban J connectivity index is 1.43. The lowest BCUT2D eigenvalue weighted by Gasteiger charge is -2.22. The molecule has 148 valence electrons. The van der Waals surface area contributed by atoms with Gasteiger partial charge in [-0.3, -0.25) is 0 Å². The molecule has 2 aliphatic rings. The number of nitrogens with one attached hydrogen (secondary N) is 1. The first kappa shape index (κ1) is 18.8. The van der Waals surface area contributed by atoms with Gasteiger partial charge in [-0.15, -0.1) is 0 Å². The molecule has 2 aliphatic heterocycles. The predicted molar refractivity (Wildman–Crippen MR) is 116 cm³/mol. The lowest BCUT2D eigenvalue weighted by Crippen LogP contribution is -2.40. The van der Waals surface area contributed by atoms with Crippen LogP contribution in [0.4, 0.5) is 5.82 Å². The van der Waals surface area contributed by atoms with E-state index in [4.69, 9.17) is 4.99 Å². The lowest BCUT2D eigenvalue weighted by molar-refractivity contribution is 0.486. The summed E-state index contributed by atoms with van der Waals surface area (Å²) in [5.74, 6) is 2.72. The summed E-state index contributed by atoms with van der Waals surface area (Å²) in [6, 6.07) is 15.1. The Hall–Kier alpha value is -2.56. The van der Waals surface area contributed by atoms with Gasteiger partial charge in [0, 0.05) is 44.8 Å². The Kier molecular flexibility index (Phi) is 6.10. The number of aliphatic imine (C=N–C) groups is 1. The number of pyridine rings is 1. The van der Waals surface area contributed by atoms with Crippen LogP contribution in [0.2, 0.25) is 0 Å². The topological polar surface area (TPSA) is 43.8 Å². The zero-order valence-corrected chi connectivity index (χ0v) is 16.8. The third-order valence-corrected chi connectivity index (χ3v) is 5.75. The monoisotopic (exact) mass is 377 g/mol. The molecule has 0 aliphatic carbocycles. The molecule has 4 rings (SSSR count). The first-order valence-corrected chi connectivity index (χ1v) is 10.6. The van der Waals surface area contributed by atoms with Crippen LogP contribution in [0.15, 0.2) is 53.7 Å². The summed E-state index contributed by atoms with van der Waals surface area (Å²) in [5, 5.41) is 3.49. The Morgan fingerprint density at radius 3 is 2.75 bits per heavy atom. The van der Waals surface area contributed by atoms with E-state index in [1.165, 1.54) is 30.4 Å². The van der Waals surface area contributed by atoms with E-state index in [1.54, 1.807) is 0 Å². The molecule has 28 heavy (non-hydrogen) atoms. The van der Waals surface area contributed by atoms with E-state index in [0.717, 1.165) is 44.5 Å². The summed E-state index contributed by atoms with van der Waals surface area (Å²) in [6.45, 7) is 8.05. The third kappa shape index (κ3) is 4.46. The van der Waals surface area contributed by atoms with Gasteiger partial charge in [0.25, 0.3) is 0 Å². The zero-order chi connectivity index (χ0) is 19.2. The third-order valence-electron chi connectivity index (χ3n) is 5.75. The number of benzene rings is 1. The van der Waals surface area contributed by atoms with Crippen molar-refractivity contribution >= 4 is 11.8 Å². The molecular formula is C23H31N5. The van der Waals surface area contributed by atoms with Crippen molar-refractivity contribution < 1.29 is 0 Å². The molecule has 1 N–H and O–H groups in total. The molecule has 3 heterocycles. The minimum Gasteiger partial charge on any atom is -0.357 e. The van der Waals surface area contributed by atoms with Crippen LogP contribution in [0.25, 0.3) is 0 Å². The SMILES string of the molecule is CCNC(=NCc1ccnc(N2CCCC2)c1)N1CCC(c2ccccc2)C1. The van der Waals surface area contributed by atoms with Crippen molar-refractivity contribution in [3.8, 4) is 0 Å². The van der Waals surface area contributed by atoms with E-state index in [0.29, 0.717) is 12.5 Å². The van der Waals surface area contributed by atoms with Crippen LogP contribution in [0.1, 0.15) is 43.2 Å². The minimum absolute atomic E-state index is 0.591. The van der Waals surface area contributed by atoms with Crippen LogP contribution in [0.3, 0.4) is 0 Å². The van der Waals surface area contributed by atoms with Gasteiger partial charge in [0.1, 0.15) is 5.82 Å². The van der Waals surface area contributed by atoms with Gasteiger partial charge in [-0.05, 0) is 49.4 Å². The zero-order valence-electron chi connectivity index (χ0n) is 16.8. The average Bonchev–Trinajstić information content (AvgIpc) is 3.44. The van der Waals surface area contributed by atoms with Gasteiger partial charge in [0.05, 0.1) is 6.54 Å². The van der Waals surface area contributed by atoms with Gasteiger partial charge in [-0.2, -0.15) is 0 Å². The Bertz CT molecular complexity index is 783. The number of rotatable bonds is 5. The van der Waals surface area contributed by atoms with Crippen molar-refractivity contribution in [2.45, 2.75) is 38.6 Å². The van der Waals surface area contributed by atoms with Crippen LogP contribution in [0, 0.1) is 0 Å². The molecule has 1 atom stereocenters. The number of hydrogen-bond donors (Lipinski definition) is 1. The molecule has 0 saturated carbocycles. The second kappa shape index (κ2) is 9.09. The fourth-order valence-corrected chi connectivity index (χ4v) is 4.22. The van der Waals surface area contributed by atoms with Crippen molar-refractivity contribution in [2.75, 3.05) is 37.6 Å². The largest absolute Gasteiger partial charge is 0.357 e. The molecule has 5 nitrogen and oxygen atoms in total.